The number of para-hydroxylation sites is 1. The second-order valence-corrected chi connectivity index (χ2v) is 7.39. The van der Waals surface area contributed by atoms with Gasteiger partial charge in [0.15, 0.2) is 0 Å². The second-order valence-electron chi connectivity index (χ2n) is 7.39. The number of rotatable bonds is 5. The van der Waals surface area contributed by atoms with Crippen LogP contribution in [0.2, 0.25) is 0 Å². The number of nitrogens with zero attached hydrogens (tertiary/aromatic N) is 1. The molecule has 130 valence electrons. The number of likely N-dealkylation sites (tertiary alicyclic amines) is 1. The van der Waals surface area contributed by atoms with Crippen LogP contribution in [0.5, 0.6) is 5.75 Å². The zero-order chi connectivity index (χ0) is 17.6. The van der Waals surface area contributed by atoms with E-state index in [4.69, 9.17) is 10.5 Å². The van der Waals surface area contributed by atoms with E-state index in [0.29, 0.717) is 12.3 Å². The van der Waals surface area contributed by atoms with Crippen molar-refractivity contribution in [3.8, 4) is 5.75 Å². The van der Waals surface area contributed by atoms with Crippen molar-refractivity contribution >= 4 is 11.9 Å². The fourth-order valence-corrected chi connectivity index (χ4v) is 3.97. The van der Waals surface area contributed by atoms with Gasteiger partial charge in [0.05, 0.1) is 0 Å². The molecule has 3 rings (SSSR count). The van der Waals surface area contributed by atoms with Crippen molar-refractivity contribution in [2.24, 2.45) is 23.0 Å². The molecule has 0 bridgehead atoms. The number of fused-ring (bicyclic) bond motifs is 1. The highest BCUT2D eigenvalue weighted by molar-refractivity contribution is 5.89. The van der Waals surface area contributed by atoms with Gasteiger partial charge in [0.2, 0.25) is 5.91 Å². The molecule has 1 aliphatic heterocycles. The molecule has 1 aromatic carbocycles. The fourth-order valence-electron chi connectivity index (χ4n) is 3.97. The van der Waals surface area contributed by atoms with Crippen LogP contribution in [0.25, 0.3) is 0 Å². The predicted octanol–water partition coefficient (Wildman–Crippen LogP) is 1.35. The van der Waals surface area contributed by atoms with E-state index in [9.17, 15) is 14.7 Å². The quantitative estimate of drug-likeness (QED) is 0.849. The van der Waals surface area contributed by atoms with Crippen molar-refractivity contribution in [3.05, 3.63) is 30.3 Å². The van der Waals surface area contributed by atoms with Crippen molar-refractivity contribution in [3.63, 3.8) is 0 Å². The molecule has 1 aromatic rings. The van der Waals surface area contributed by atoms with Gasteiger partial charge in [-0.25, -0.2) is 4.79 Å². The second kappa shape index (κ2) is 5.77. The Morgan fingerprint density at radius 1 is 1.33 bits per heavy atom. The normalized spacial score (nSPS) is 29.5. The van der Waals surface area contributed by atoms with E-state index in [1.54, 1.807) is 19.1 Å². The van der Waals surface area contributed by atoms with Crippen LogP contribution in [-0.4, -0.2) is 46.6 Å². The lowest BCUT2D eigenvalue weighted by atomic mass is 10.00. The topological polar surface area (TPSA) is 92.9 Å². The maximum absolute atomic E-state index is 12.7. The first kappa shape index (κ1) is 16.8. The highest BCUT2D eigenvalue weighted by Gasteiger charge is 2.69. The van der Waals surface area contributed by atoms with Gasteiger partial charge in [-0.2, -0.15) is 0 Å². The van der Waals surface area contributed by atoms with Gasteiger partial charge in [0.25, 0.3) is 0 Å². The third-order valence-corrected chi connectivity index (χ3v) is 5.60. The molecule has 2 fully saturated rings. The molecule has 1 saturated carbocycles. The van der Waals surface area contributed by atoms with Crippen LogP contribution in [0.4, 0.5) is 0 Å². The summed E-state index contributed by atoms with van der Waals surface area (Å²) in [5, 5.41) is 9.55. The Bertz CT molecular complexity index is 646. The lowest BCUT2D eigenvalue weighted by Crippen LogP contribution is -2.55. The Kier molecular flexibility index (Phi) is 4.03. The predicted molar refractivity (Wildman–Crippen MR) is 88.4 cm³/mol. The summed E-state index contributed by atoms with van der Waals surface area (Å²) in [6, 6.07) is 7.46. The third kappa shape index (κ3) is 2.65. The van der Waals surface area contributed by atoms with Gasteiger partial charge in [0, 0.05) is 12.5 Å². The number of hydrogen-bond acceptors (Lipinski definition) is 4. The number of aliphatic carboxylic acids is 1. The van der Waals surface area contributed by atoms with Crippen molar-refractivity contribution in [2.45, 2.75) is 39.0 Å². The number of carbonyl (C=O) groups excluding carboxylic acids is 1. The largest absolute Gasteiger partial charge is 0.489 e. The van der Waals surface area contributed by atoms with E-state index in [0.717, 1.165) is 0 Å². The standard InChI is InChI=1S/C18H24N2O4/c1-10(24-11-7-5-4-6-8-11)14(19)16(21)20-9-12-13(18(12,2)3)15(20)17(22)23/h4-8,10,12-15H,9,19H2,1-3H3,(H,22,23)/t10-,12+,13+,14+,15+/m1/s1. The van der Waals surface area contributed by atoms with Crippen LogP contribution in [-0.2, 0) is 9.59 Å². The number of piperidine rings is 1. The first-order valence-electron chi connectivity index (χ1n) is 8.25. The molecule has 6 nitrogen and oxygen atoms in total. The molecule has 1 amide bonds. The number of carboxylic acids is 1. The molecular weight excluding hydrogens is 308 g/mol. The molecule has 1 heterocycles. The SMILES string of the molecule is C[C@@H](Oc1ccccc1)[C@H](N)C(=O)N1C[C@H]2[C@@H]([C@H]1C(=O)O)C2(C)C. The Morgan fingerprint density at radius 3 is 2.54 bits per heavy atom. The zero-order valence-electron chi connectivity index (χ0n) is 14.2. The smallest absolute Gasteiger partial charge is 0.326 e. The Labute approximate surface area is 141 Å². The molecule has 0 radical (unpaired) electrons. The van der Waals surface area contributed by atoms with E-state index in [-0.39, 0.29) is 23.2 Å². The third-order valence-electron chi connectivity index (χ3n) is 5.60. The summed E-state index contributed by atoms with van der Waals surface area (Å²) in [6.45, 7) is 6.30. The maximum Gasteiger partial charge on any atom is 0.326 e. The minimum Gasteiger partial charge on any atom is -0.489 e. The monoisotopic (exact) mass is 332 g/mol. The summed E-state index contributed by atoms with van der Waals surface area (Å²) >= 11 is 0. The van der Waals surface area contributed by atoms with E-state index in [2.05, 4.69) is 13.8 Å². The number of amides is 1. The van der Waals surface area contributed by atoms with Gasteiger partial charge in [-0.3, -0.25) is 4.79 Å². The van der Waals surface area contributed by atoms with E-state index in [1.807, 2.05) is 18.2 Å². The molecule has 0 unspecified atom stereocenters. The number of carboxylic acid groups (broad SMARTS) is 1. The molecular formula is C18H24N2O4. The van der Waals surface area contributed by atoms with E-state index in [1.165, 1.54) is 4.90 Å². The van der Waals surface area contributed by atoms with Crippen molar-refractivity contribution in [1.29, 1.82) is 0 Å². The number of ether oxygens (including phenoxy) is 1. The number of benzene rings is 1. The fraction of sp³-hybridized carbons (Fsp3) is 0.556. The molecule has 2 aliphatic rings. The minimum atomic E-state index is -0.953. The molecule has 1 saturated heterocycles. The molecule has 24 heavy (non-hydrogen) atoms. The molecule has 1 aliphatic carbocycles. The highest BCUT2D eigenvalue weighted by Crippen LogP contribution is 2.64. The van der Waals surface area contributed by atoms with Crippen LogP contribution in [0, 0.1) is 17.3 Å². The highest BCUT2D eigenvalue weighted by atomic mass is 16.5. The van der Waals surface area contributed by atoms with Crippen molar-refractivity contribution < 1.29 is 19.4 Å². The molecule has 0 aromatic heterocycles. The van der Waals surface area contributed by atoms with Crippen LogP contribution in [0.3, 0.4) is 0 Å². The van der Waals surface area contributed by atoms with Crippen molar-refractivity contribution in [2.75, 3.05) is 6.54 Å². The number of carbonyl (C=O) groups is 2. The lowest BCUT2D eigenvalue weighted by molar-refractivity contribution is -0.151. The van der Waals surface area contributed by atoms with Gasteiger partial charge >= 0.3 is 5.97 Å². The average Bonchev–Trinajstić information content (AvgIpc) is 2.90. The summed E-state index contributed by atoms with van der Waals surface area (Å²) in [5.74, 6) is -0.427. The molecule has 6 heteroatoms. The Hall–Kier alpha value is -2.08. The van der Waals surface area contributed by atoms with E-state index < -0.39 is 24.2 Å². The van der Waals surface area contributed by atoms with Crippen LogP contribution in [0.1, 0.15) is 20.8 Å². The maximum atomic E-state index is 12.7. The number of nitrogens with two attached hydrogens (primary N) is 1. The Balaban J connectivity index is 1.68. The lowest BCUT2D eigenvalue weighted by Gasteiger charge is -2.31. The summed E-state index contributed by atoms with van der Waals surface area (Å²) in [4.78, 5) is 25.8. The molecule has 3 N–H and O–H groups in total. The first-order valence-corrected chi connectivity index (χ1v) is 8.25. The molecule has 5 atom stereocenters. The first-order chi connectivity index (χ1) is 11.2. The van der Waals surface area contributed by atoms with Gasteiger partial charge in [-0.15, -0.1) is 0 Å². The summed E-state index contributed by atoms with van der Waals surface area (Å²) in [6.07, 6.45) is -0.542. The number of hydrogen-bond donors (Lipinski definition) is 2. The average molecular weight is 332 g/mol. The summed E-state index contributed by atoms with van der Waals surface area (Å²) in [5.41, 5.74) is 6.05. The Morgan fingerprint density at radius 2 is 1.96 bits per heavy atom. The minimum absolute atomic E-state index is 0.0106. The summed E-state index contributed by atoms with van der Waals surface area (Å²) in [7, 11) is 0. The van der Waals surface area contributed by atoms with Gasteiger partial charge in [-0.1, -0.05) is 32.0 Å². The summed E-state index contributed by atoms with van der Waals surface area (Å²) < 4.78 is 5.71. The van der Waals surface area contributed by atoms with Crippen LogP contribution in [0.15, 0.2) is 30.3 Å². The zero-order valence-corrected chi connectivity index (χ0v) is 14.2. The van der Waals surface area contributed by atoms with Crippen LogP contribution < -0.4 is 10.5 Å². The van der Waals surface area contributed by atoms with Crippen molar-refractivity contribution in [1.82, 2.24) is 4.90 Å². The van der Waals surface area contributed by atoms with Gasteiger partial charge < -0.3 is 20.5 Å². The molecule has 0 spiro atoms. The van der Waals surface area contributed by atoms with E-state index >= 15 is 0 Å². The van der Waals surface area contributed by atoms with Crippen LogP contribution >= 0.6 is 0 Å². The van der Waals surface area contributed by atoms with Gasteiger partial charge in [-0.05, 0) is 30.4 Å². The van der Waals surface area contributed by atoms with Gasteiger partial charge in [0.1, 0.15) is 23.9 Å².